The molecule has 3 heterocycles. The molecular formula is C18H13ClN4O. The van der Waals surface area contributed by atoms with Crippen LogP contribution in [0.4, 0.5) is 0 Å². The van der Waals surface area contributed by atoms with Crippen LogP contribution in [-0.4, -0.2) is 27.9 Å². The van der Waals surface area contributed by atoms with Gasteiger partial charge in [0, 0.05) is 42.0 Å². The first-order valence-electron chi connectivity index (χ1n) is 7.41. The van der Waals surface area contributed by atoms with Gasteiger partial charge in [0.1, 0.15) is 5.65 Å². The highest BCUT2D eigenvalue weighted by molar-refractivity contribution is 6.35. The number of H-pyrrole nitrogens is 1. The Hall–Kier alpha value is -2.92. The van der Waals surface area contributed by atoms with Crippen LogP contribution < -0.4 is 5.32 Å². The molecule has 4 rings (SSSR count). The van der Waals surface area contributed by atoms with Crippen LogP contribution in [0.3, 0.4) is 0 Å². The summed E-state index contributed by atoms with van der Waals surface area (Å²) in [6.45, 7) is 0. The molecule has 4 aromatic rings. The Labute approximate surface area is 142 Å². The molecule has 2 N–H and O–H groups in total. The van der Waals surface area contributed by atoms with Crippen molar-refractivity contribution in [1.82, 2.24) is 20.3 Å². The smallest absolute Gasteiger partial charge is 0.252 e. The second-order valence-corrected chi connectivity index (χ2v) is 5.83. The fourth-order valence-corrected chi connectivity index (χ4v) is 3.00. The molecule has 0 bridgehead atoms. The predicted molar refractivity (Wildman–Crippen MR) is 95.2 cm³/mol. The minimum atomic E-state index is -0.165. The first-order chi connectivity index (χ1) is 11.7. The minimum Gasteiger partial charge on any atom is -0.355 e. The van der Waals surface area contributed by atoms with Gasteiger partial charge in [0.15, 0.2) is 0 Å². The Morgan fingerprint density at radius 2 is 2.04 bits per heavy atom. The van der Waals surface area contributed by atoms with Gasteiger partial charge < -0.3 is 10.3 Å². The number of nitrogens with zero attached hydrogens (tertiary/aromatic N) is 2. The summed E-state index contributed by atoms with van der Waals surface area (Å²) in [4.78, 5) is 23.6. The molecule has 0 saturated carbocycles. The summed E-state index contributed by atoms with van der Waals surface area (Å²) in [6, 6.07) is 9.53. The maximum absolute atomic E-state index is 11.9. The Morgan fingerprint density at radius 1 is 1.17 bits per heavy atom. The highest BCUT2D eigenvalue weighted by atomic mass is 35.5. The van der Waals surface area contributed by atoms with Gasteiger partial charge in [-0.15, -0.1) is 0 Å². The topological polar surface area (TPSA) is 70.7 Å². The van der Waals surface area contributed by atoms with E-state index in [9.17, 15) is 4.79 Å². The lowest BCUT2D eigenvalue weighted by atomic mass is 10.0. The number of aromatic nitrogens is 3. The van der Waals surface area contributed by atoms with Gasteiger partial charge in [0.2, 0.25) is 0 Å². The molecule has 3 aromatic heterocycles. The van der Waals surface area contributed by atoms with Crippen molar-refractivity contribution in [3.63, 3.8) is 0 Å². The van der Waals surface area contributed by atoms with Crippen molar-refractivity contribution in [2.45, 2.75) is 0 Å². The van der Waals surface area contributed by atoms with Crippen LogP contribution in [0.2, 0.25) is 5.02 Å². The van der Waals surface area contributed by atoms with Crippen LogP contribution in [-0.2, 0) is 0 Å². The molecule has 1 aromatic carbocycles. The lowest BCUT2D eigenvalue weighted by molar-refractivity contribution is 0.0963. The molecule has 0 radical (unpaired) electrons. The standard InChI is InChI=1S/C18H13ClN4O/c1-20-18(24)11-7-12-14(9-23-17(12)22-8-11)10-2-3-16-13(6-10)15(19)4-5-21-16/h2-9H,1H3,(H,20,24)(H,22,23). The first kappa shape index (κ1) is 14.7. The van der Waals surface area contributed by atoms with Gasteiger partial charge in [0.05, 0.1) is 16.1 Å². The van der Waals surface area contributed by atoms with Crippen LogP contribution in [0.1, 0.15) is 10.4 Å². The Kier molecular flexibility index (Phi) is 3.43. The molecule has 0 spiro atoms. The zero-order valence-corrected chi connectivity index (χ0v) is 13.6. The van der Waals surface area contributed by atoms with Crippen LogP contribution in [0.15, 0.2) is 48.9 Å². The second kappa shape index (κ2) is 5.62. The number of carbonyl (C=O) groups is 1. The number of hydrogen-bond acceptors (Lipinski definition) is 3. The number of hydrogen-bond donors (Lipinski definition) is 2. The molecule has 6 heteroatoms. The summed E-state index contributed by atoms with van der Waals surface area (Å²) in [5.41, 5.74) is 4.04. The summed E-state index contributed by atoms with van der Waals surface area (Å²) in [5.74, 6) is -0.165. The maximum Gasteiger partial charge on any atom is 0.252 e. The van der Waals surface area contributed by atoms with Crippen molar-refractivity contribution in [2.24, 2.45) is 0 Å². The molecule has 5 nitrogen and oxygen atoms in total. The number of rotatable bonds is 2. The van der Waals surface area contributed by atoms with E-state index >= 15 is 0 Å². The van der Waals surface area contributed by atoms with Crippen molar-refractivity contribution in [2.75, 3.05) is 7.05 Å². The van der Waals surface area contributed by atoms with Crippen LogP contribution in [0.5, 0.6) is 0 Å². The molecule has 0 fully saturated rings. The number of aromatic amines is 1. The van der Waals surface area contributed by atoms with Crippen molar-refractivity contribution >= 4 is 39.4 Å². The molecule has 0 unspecified atom stereocenters. The van der Waals surface area contributed by atoms with Crippen molar-refractivity contribution < 1.29 is 4.79 Å². The number of pyridine rings is 2. The SMILES string of the molecule is CNC(=O)c1cnc2[nH]cc(-c3ccc4nccc(Cl)c4c3)c2c1. The lowest BCUT2D eigenvalue weighted by Crippen LogP contribution is -2.17. The van der Waals surface area contributed by atoms with Crippen molar-refractivity contribution in [3.8, 4) is 11.1 Å². The second-order valence-electron chi connectivity index (χ2n) is 5.43. The van der Waals surface area contributed by atoms with Crippen LogP contribution >= 0.6 is 11.6 Å². The fraction of sp³-hybridized carbons (Fsp3) is 0.0556. The summed E-state index contributed by atoms with van der Waals surface area (Å²) in [7, 11) is 1.60. The Bertz CT molecular complexity index is 1090. The van der Waals surface area contributed by atoms with Gasteiger partial charge in [-0.25, -0.2) is 4.98 Å². The van der Waals surface area contributed by atoms with E-state index in [4.69, 9.17) is 11.6 Å². The van der Waals surface area contributed by atoms with Gasteiger partial charge in [-0.1, -0.05) is 17.7 Å². The van der Waals surface area contributed by atoms with E-state index in [1.54, 1.807) is 25.5 Å². The number of amides is 1. The predicted octanol–water partition coefficient (Wildman–Crippen LogP) is 3.79. The molecular weight excluding hydrogens is 324 g/mol. The van der Waals surface area contributed by atoms with E-state index in [0.717, 1.165) is 33.1 Å². The lowest BCUT2D eigenvalue weighted by Gasteiger charge is -2.05. The summed E-state index contributed by atoms with van der Waals surface area (Å²) in [6.07, 6.45) is 5.13. The van der Waals surface area contributed by atoms with E-state index < -0.39 is 0 Å². The largest absolute Gasteiger partial charge is 0.355 e. The molecule has 118 valence electrons. The third-order valence-electron chi connectivity index (χ3n) is 4.02. The number of benzene rings is 1. The van der Waals surface area contributed by atoms with Gasteiger partial charge in [-0.3, -0.25) is 9.78 Å². The van der Waals surface area contributed by atoms with E-state index in [1.165, 1.54) is 0 Å². The Morgan fingerprint density at radius 3 is 2.88 bits per heavy atom. The molecule has 24 heavy (non-hydrogen) atoms. The highest BCUT2D eigenvalue weighted by Gasteiger charge is 2.12. The van der Waals surface area contributed by atoms with E-state index in [0.29, 0.717) is 10.6 Å². The van der Waals surface area contributed by atoms with E-state index in [1.807, 2.05) is 30.5 Å². The fourth-order valence-electron chi connectivity index (χ4n) is 2.79. The zero-order chi connectivity index (χ0) is 16.7. The van der Waals surface area contributed by atoms with Crippen molar-refractivity contribution in [3.05, 3.63) is 59.5 Å². The molecule has 0 aliphatic carbocycles. The number of nitrogens with one attached hydrogen (secondary N) is 2. The third-order valence-corrected chi connectivity index (χ3v) is 4.35. The average molecular weight is 337 g/mol. The quantitative estimate of drug-likeness (QED) is 0.585. The van der Waals surface area contributed by atoms with Gasteiger partial charge >= 0.3 is 0 Å². The molecule has 0 saturated heterocycles. The summed E-state index contributed by atoms with van der Waals surface area (Å²) >= 11 is 6.28. The van der Waals surface area contributed by atoms with Gasteiger partial charge in [-0.2, -0.15) is 0 Å². The van der Waals surface area contributed by atoms with E-state index in [-0.39, 0.29) is 5.91 Å². The van der Waals surface area contributed by atoms with Crippen molar-refractivity contribution in [1.29, 1.82) is 0 Å². The third kappa shape index (κ3) is 2.30. The molecule has 1 amide bonds. The number of halogens is 1. The maximum atomic E-state index is 11.9. The Balaban J connectivity index is 1.92. The normalized spacial score (nSPS) is 11.1. The monoisotopic (exact) mass is 336 g/mol. The molecule has 0 atom stereocenters. The minimum absolute atomic E-state index is 0.165. The zero-order valence-electron chi connectivity index (χ0n) is 12.8. The number of carbonyl (C=O) groups excluding carboxylic acids is 1. The van der Waals surface area contributed by atoms with Crippen LogP contribution in [0, 0.1) is 0 Å². The van der Waals surface area contributed by atoms with Crippen LogP contribution in [0.25, 0.3) is 33.1 Å². The molecule has 0 aliphatic heterocycles. The number of fused-ring (bicyclic) bond motifs is 2. The average Bonchev–Trinajstić information content (AvgIpc) is 3.04. The highest BCUT2D eigenvalue weighted by Crippen LogP contribution is 2.32. The summed E-state index contributed by atoms with van der Waals surface area (Å²) in [5, 5.41) is 5.05. The van der Waals surface area contributed by atoms with Gasteiger partial charge in [0.25, 0.3) is 5.91 Å². The summed E-state index contributed by atoms with van der Waals surface area (Å²) < 4.78 is 0. The first-order valence-corrected chi connectivity index (χ1v) is 7.79. The van der Waals surface area contributed by atoms with E-state index in [2.05, 4.69) is 20.3 Å². The molecule has 0 aliphatic rings. The van der Waals surface area contributed by atoms with Gasteiger partial charge in [-0.05, 0) is 29.8 Å².